The zero-order chi connectivity index (χ0) is 22.1. The van der Waals surface area contributed by atoms with Crippen molar-refractivity contribution >= 4 is 16.8 Å². The Balaban J connectivity index is 1.24. The van der Waals surface area contributed by atoms with E-state index < -0.39 is 0 Å². The summed E-state index contributed by atoms with van der Waals surface area (Å²) in [7, 11) is 1.94. The maximum atomic E-state index is 12.5. The SMILES string of the molecule is CCCNC(=O)c1nn(C)c2c1COC1(CCN(Cc3ccc4ccccc4n3)CC1)C2. The number of carbonyl (C=O) groups excluding carboxylic acids is 1. The zero-order valence-corrected chi connectivity index (χ0v) is 18.9. The van der Waals surface area contributed by atoms with Gasteiger partial charge in [0.2, 0.25) is 0 Å². The summed E-state index contributed by atoms with van der Waals surface area (Å²) in [5.41, 5.74) is 4.62. The first-order valence-electron chi connectivity index (χ1n) is 11.6. The van der Waals surface area contributed by atoms with E-state index in [1.165, 1.54) is 5.39 Å². The number of rotatable bonds is 5. The third-order valence-electron chi connectivity index (χ3n) is 6.85. The minimum atomic E-state index is -0.161. The summed E-state index contributed by atoms with van der Waals surface area (Å²) in [5, 5.41) is 8.64. The van der Waals surface area contributed by atoms with Crippen LogP contribution in [0, 0.1) is 0 Å². The Kier molecular flexibility index (Phi) is 5.69. The van der Waals surface area contributed by atoms with Gasteiger partial charge in [0.25, 0.3) is 5.91 Å². The number of amides is 1. The smallest absolute Gasteiger partial charge is 0.272 e. The number of nitrogens with one attached hydrogen (secondary N) is 1. The summed E-state index contributed by atoms with van der Waals surface area (Å²) >= 11 is 0. The molecule has 1 amide bonds. The van der Waals surface area contributed by atoms with Gasteiger partial charge in [0, 0.05) is 56.3 Å². The van der Waals surface area contributed by atoms with Crippen LogP contribution in [0.5, 0.6) is 0 Å². The first kappa shape index (κ1) is 21.1. The lowest BCUT2D eigenvalue weighted by atomic mass is 9.83. The van der Waals surface area contributed by atoms with Crippen LogP contribution < -0.4 is 5.32 Å². The fourth-order valence-electron chi connectivity index (χ4n) is 4.93. The largest absolute Gasteiger partial charge is 0.370 e. The van der Waals surface area contributed by atoms with Crippen molar-refractivity contribution in [3.05, 3.63) is 59.0 Å². The minimum Gasteiger partial charge on any atom is -0.370 e. The van der Waals surface area contributed by atoms with Gasteiger partial charge < -0.3 is 10.1 Å². The number of ether oxygens (including phenoxy) is 1. The van der Waals surface area contributed by atoms with Gasteiger partial charge in [-0.3, -0.25) is 19.4 Å². The number of para-hydroxylation sites is 1. The molecule has 1 spiro atoms. The molecule has 2 aromatic heterocycles. The second-order valence-corrected chi connectivity index (χ2v) is 9.07. The number of likely N-dealkylation sites (tertiary alicyclic amines) is 1. The Morgan fingerprint density at radius 3 is 2.81 bits per heavy atom. The molecule has 7 nitrogen and oxygen atoms in total. The summed E-state index contributed by atoms with van der Waals surface area (Å²) in [4.78, 5) is 19.8. The highest BCUT2D eigenvalue weighted by Gasteiger charge is 2.41. The van der Waals surface area contributed by atoms with Crippen LogP contribution >= 0.6 is 0 Å². The molecule has 0 aliphatic carbocycles. The molecular weight excluding hydrogens is 402 g/mol. The van der Waals surface area contributed by atoms with E-state index in [-0.39, 0.29) is 11.5 Å². The van der Waals surface area contributed by atoms with Crippen LogP contribution in [0.2, 0.25) is 0 Å². The molecule has 0 unspecified atom stereocenters. The first-order chi connectivity index (χ1) is 15.6. The van der Waals surface area contributed by atoms with E-state index in [1.54, 1.807) is 0 Å². The number of pyridine rings is 1. The van der Waals surface area contributed by atoms with Crippen molar-refractivity contribution < 1.29 is 9.53 Å². The first-order valence-corrected chi connectivity index (χ1v) is 11.6. The van der Waals surface area contributed by atoms with E-state index in [9.17, 15) is 4.79 Å². The second kappa shape index (κ2) is 8.64. The average molecular weight is 434 g/mol. The number of aromatic nitrogens is 3. The molecule has 1 N–H and O–H groups in total. The van der Waals surface area contributed by atoms with Crippen molar-refractivity contribution in [3.63, 3.8) is 0 Å². The minimum absolute atomic E-state index is 0.0963. The number of piperidine rings is 1. The highest BCUT2D eigenvalue weighted by atomic mass is 16.5. The fraction of sp³-hybridized carbons (Fsp3) is 0.480. The highest BCUT2D eigenvalue weighted by Crippen LogP contribution is 2.37. The predicted octanol–water partition coefficient (Wildman–Crippen LogP) is 3.22. The molecule has 1 saturated heterocycles. The topological polar surface area (TPSA) is 72.3 Å². The van der Waals surface area contributed by atoms with Crippen molar-refractivity contribution in [1.29, 1.82) is 0 Å². The Labute approximate surface area is 188 Å². The molecule has 32 heavy (non-hydrogen) atoms. The lowest BCUT2D eigenvalue weighted by Crippen LogP contribution is -2.49. The summed E-state index contributed by atoms with van der Waals surface area (Å²) < 4.78 is 8.30. The van der Waals surface area contributed by atoms with Gasteiger partial charge in [-0.25, -0.2) is 0 Å². The Hall–Kier alpha value is -2.77. The monoisotopic (exact) mass is 433 g/mol. The summed E-state index contributed by atoms with van der Waals surface area (Å²) in [6.45, 7) is 5.99. The molecule has 2 aliphatic rings. The average Bonchev–Trinajstić information content (AvgIpc) is 3.14. The van der Waals surface area contributed by atoms with E-state index >= 15 is 0 Å². The highest BCUT2D eigenvalue weighted by molar-refractivity contribution is 5.94. The molecule has 168 valence electrons. The molecule has 5 rings (SSSR count). The molecule has 3 aromatic rings. The van der Waals surface area contributed by atoms with E-state index in [2.05, 4.69) is 39.6 Å². The molecule has 0 bridgehead atoms. The van der Waals surface area contributed by atoms with Crippen molar-refractivity contribution in [1.82, 2.24) is 25.0 Å². The Morgan fingerprint density at radius 2 is 2.00 bits per heavy atom. The van der Waals surface area contributed by atoms with Crippen molar-refractivity contribution in [2.45, 2.75) is 51.4 Å². The lowest BCUT2D eigenvalue weighted by Gasteiger charge is -2.43. The van der Waals surface area contributed by atoms with Gasteiger partial charge in [0.1, 0.15) is 0 Å². The normalized spacial score (nSPS) is 18.1. The van der Waals surface area contributed by atoms with Gasteiger partial charge in [0.15, 0.2) is 5.69 Å². The fourth-order valence-corrected chi connectivity index (χ4v) is 4.93. The van der Waals surface area contributed by atoms with Crippen LogP contribution in [-0.4, -0.2) is 50.8 Å². The summed E-state index contributed by atoms with van der Waals surface area (Å²) in [6, 6.07) is 12.6. The van der Waals surface area contributed by atoms with E-state index in [4.69, 9.17) is 9.72 Å². The molecule has 7 heteroatoms. The molecule has 1 fully saturated rings. The van der Waals surface area contributed by atoms with Crippen molar-refractivity contribution in [2.24, 2.45) is 7.05 Å². The second-order valence-electron chi connectivity index (χ2n) is 9.07. The van der Waals surface area contributed by atoms with Crippen molar-refractivity contribution in [3.8, 4) is 0 Å². The van der Waals surface area contributed by atoms with Gasteiger partial charge in [0.05, 0.1) is 23.4 Å². The number of carbonyl (C=O) groups is 1. The summed E-state index contributed by atoms with van der Waals surface area (Å²) in [6.07, 6.45) is 3.67. The lowest BCUT2D eigenvalue weighted by molar-refractivity contribution is -0.104. The quantitative estimate of drug-likeness (QED) is 0.669. The number of hydrogen-bond acceptors (Lipinski definition) is 5. The van der Waals surface area contributed by atoms with Crippen LogP contribution in [0.25, 0.3) is 10.9 Å². The molecular formula is C25H31N5O2. The zero-order valence-electron chi connectivity index (χ0n) is 18.9. The molecule has 4 heterocycles. The van der Waals surface area contributed by atoms with Crippen LogP contribution in [-0.2, 0) is 31.4 Å². The third kappa shape index (κ3) is 4.02. The molecule has 2 aliphatic heterocycles. The number of fused-ring (bicyclic) bond motifs is 2. The number of aryl methyl sites for hydroxylation is 1. The predicted molar refractivity (Wildman–Crippen MR) is 123 cm³/mol. The van der Waals surface area contributed by atoms with Crippen LogP contribution in [0.15, 0.2) is 36.4 Å². The summed E-state index contributed by atoms with van der Waals surface area (Å²) in [5.74, 6) is -0.0963. The Morgan fingerprint density at radius 1 is 1.19 bits per heavy atom. The standard InChI is InChI=1S/C25H31N5O2/c1-3-12-26-24(31)23-20-17-32-25(15-22(20)29(2)28-23)10-13-30(14-11-25)16-19-9-8-18-6-4-5-7-21(18)27-19/h4-9H,3,10-17H2,1-2H3,(H,26,31). The number of hydrogen-bond donors (Lipinski definition) is 1. The van der Waals surface area contributed by atoms with E-state index in [0.717, 1.165) is 67.8 Å². The van der Waals surface area contributed by atoms with Crippen LogP contribution in [0.3, 0.4) is 0 Å². The van der Waals surface area contributed by atoms with Crippen LogP contribution in [0.4, 0.5) is 0 Å². The van der Waals surface area contributed by atoms with Crippen LogP contribution in [0.1, 0.15) is 53.6 Å². The molecule has 1 aromatic carbocycles. The molecule has 0 saturated carbocycles. The van der Waals surface area contributed by atoms with Gasteiger partial charge in [-0.05, 0) is 31.4 Å². The van der Waals surface area contributed by atoms with E-state index in [1.807, 2.05) is 30.8 Å². The van der Waals surface area contributed by atoms with E-state index in [0.29, 0.717) is 18.8 Å². The van der Waals surface area contributed by atoms with Gasteiger partial charge in [-0.1, -0.05) is 31.2 Å². The number of benzene rings is 1. The van der Waals surface area contributed by atoms with Gasteiger partial charge >= 0.3 is 0 Å². The molecule has 0 atom stereocenters. The maximum absolute atomic E-state index is 12.5. The van der Waals surface area contributed by atoms with Gasteiger partial charge in [-0.15, -0.1) is 0 Å². The van der Waals surface area contributed by atoms with Crippen molar-refractivity contribution in [2.75, 3.05) is 19.6 Å². The Bertz CT molecular complexity index is 1130. The third-order valence-corrected chi connectivity index (χ3v) is 6.85. The maximum Gasteiger partial charge on any atom is 0.272 e. The van der Waals surface area contributed by atoms with Gasteiger partial charge in [-0.2, -0.15) is 5.10 Å². The number of nitrogens with zero attached hydrogens (tertiary/aromatic N) is 4. The molecule has 0 radical (unpaired) electrons.